The van der Waals surface area contributed by atoms with Crippen LogP contribution in [0.25, 0.3) is 0 Å². The largest absolute Gasteiger partial charge is 0.379 e. The number of carbonyl (C=O) groups is 1. The summed E-state index contributed by atoms with van der Waals surface area (Å²) in [5.74, 6) is 0.757. The summed E-state index contributed by atoms with van der Waals surface area (Å²) in [5.41, 5.74) is 0. The number of carbonyl (C=O) groups excluding carboxylic acids is 1. The Labute approximate surface area is 354 Å². The Balaban J connectivity index is 3.26. The van der Waals surface area contributed by atoms with Crippen molar-refractivity contribution in [2.75, 3.05) is 26.4 Å². The molecule has 56 heavy (non-hydrogen) atoms. The summed E-state index contributed by atoms with van der Waals surface area (Å²) in [5, 5.41) is 0. The SMILES string of the molecule is CCCCCCCCC(CCCCCC)COCCOCCCCCCCCCCCCCCCCCCCCCCCCCCCCCCCCCCC=O. The molecule has 0 radical (unpaired) electrons. The minimum atomic E-state index is 0.757. The Morgan fingerprint density at radius 3 is 0.911 bits per heavy atom. The van der Waals surface area contributed by atoms with E-state index in [9.17, 15) is 4.79 Å². The van der Waals surface area contributed by atoms with E-state index >= 15 is 0 Å². The van der Waals surface area contributed by atoms with Crippen molar-refractivity contribution in [3.8, 4) is 0 Å². The fraction of sp³-hybridized carbons (Fsp3) is 0.981. The quantitative estimate of drug-likeness (QED) is 0.0455. The first-order valence-corrected chi connectivity index (χ1v) is 26.4. The predicted octanol–water partition coefficient (Wildman–Crippen LogP) is 18.4. The minimum Gasteiger partial charge on any atom is -0.379 e. The maximum absolute atomic E-state index is 10.3. The van der Waals surface area contributed by atoms with Crippen LogP contribution in [0, 0.1) is 5.92 Å². The standard InChI is InChI=1S/C53H106O3/c1-3-5-7-9-39-43-47-53(46-42-8-6-4-2)52-56-51-50-55-49-45-41-38-36-34-32-30-28-26-24-22-20-18-16-14-12-10-11-13-15-17-19-21-23-25-27-29-31-33-35-37-40-44-48-54/h48,53H,3-47,49-52H2,1-2H3. The van der Waals surface area contributed by atoms with Gasteiger partial charge in [0.15, 0.2) is 0 Å². The molecule has 336 valence electrons. The van der Waals surface area contributed by atoms with E-state index in [4.69, 9.17) is 9.47 Å². The molecule has 0 N–H and O–H groups in total. The topological polar surface area (TPSA) is 35.5 Å². The van der Waals surface area contributed by atoms with Crippen molar-refractivity contribution < 1.29 is 14.3 Å². The Hall–Kier alpha value is -0.410. The highest BCUT2D eigenvalue weighted by Crippen LogP contribution is 2.20. The lowest BCUT2D eigenvalue weighted by Crippen LogP contribution is -2.13. The number of unbranched alkanes of at least 4 members (excludes halogenated alkanes) is 40. The van der Waals surface area contributed by atoms with Gasteiger partial charge in [0.2, 0.25) is 0 Å². The lowest BCUT2D eigenvalue weighted by Gasteiger charge is -2.17. The molecule has 0 aliphatic heterocycles. The van der Waals surface area contributed by atoms with Crippen molar-refractivity contribution >= 4 is 6.29 Å². The predicted molar refractivity (Wildman–Crippen MR) is 250 cm³/mol. The van der Waals surface area contributed by atoms with Crippen LogP contribution >= 0.6 is 0 Å². The van der Waals surface area contributed by atoms with Gasteiger partial charge < -0.3 is 14.3 Å². The van der Waals surface area contributed by atoms with Gasteiger partial charge in [-0.3, -0.25) is 0 Å². The molecule has 0 spiro atoms. The molecule has 0 aliphatic carbocycles. The average molecular weight is 791 g/mol. The van der Waals surface area contributed by atoms with E-state index in [1.165, 1.54) is 276 Å². The smallest absolute Gasteiger partial charge is 0.119 e. The van der Waals surface area contributed by atoms with Crippen molar-refractivity contribution in [2.45, 2.75) is 303 Å². The molecule has 0 saturated carbocycles. The lowest BCUT2D eigenvalue weighted by atomic mass is 9.95. The molecule has 0 amide bonds. The first-order valence-electron chi connectivity index (χ1n) is 26.4. The van der Waals surface area contributed by atoms with Gasteiger partial charge in [-0.2, -0.15) is 0 Å². The average Bonchev–Trinajstić information content (AvgIpc) is 3.21. The second-order valence-corrected chi connectivity index (χ2v) is 18.2. The fourth-order valence-electron chi connectivity index (χ4n) is 8.59. The van der Waals surface area contributed by atoms with Gasteiger partial charge in [0.1, 0.15) is 6.29 Å². The third-order valence-corrected chi connectivity index (χ3v) is 12.5. The van der Waals surface area contributed by atoms with E-state index in [1.54, 1.807) is 0 Å². The summed E-state index contributed by atoms with van der Waals surface area (Å²) in [4.78, 5) is 10.3. The molecule has 0 rings (SSSR count). The van der Waals surface area contributed by atoms with Crippen LogP contribution < -0.4 is 0 Å². The molecule has 0 aromatic rings. The van der Waals surface area contributed by atoms with Gasteiger partial charge in [0.05, 0.1) is 13.2 Å². The summed E-state index contributed by atoms with van der Waals surface area (Å²) in [6.07, 6.45) is 63.7. The van der Waals surface area contributed by atoms with Crippen LogP contribution in [-0.2, 0) is 14.3 Å². The van der Waals surface area contributed by atoms with Crippen LogP contribution in [0.1, 0.15) is 303 Å². The van der Waals surface area contributed by atoms with Crippen LogP contribution in [0.2, 0.25) is 0 Å². The van der Waals surface area contributed by atoms with Crippen molar-refractivity contribution in [3.05, 3.63) is 0 Å². The highest BCUT2D eigenvalue weighted by molar-refractivity contribution is 5.48. The molecule has 3 nitrogen and oxygen atoms in total. The van der Waals surface area contributed by atoms with Gasteiger partial charge in [-0.1, -0.05) is 271 Å². The van der Waals surface area contributed by atoms with Gasteiger partial charge >= 0.3 is 0 Å². The lowest BCUT2D eigenvalue weighted by molar-refractivity contribution is -0.107. The van der Waals surface area contributed by atoms with Crippen LogP contribution in [-0.4, -0.2) is 32.7 Å². The third kappa shape index (κ3) is 49.7. The number of ether oxygens (including phenoxy) is 2. The Morgan fingerprint density at radius 2 is 0.571 bits per heavy atom. The normalized spacial score (nSPS) is 12.2. The van der Waals surface area contributed by atoms with Crippen molar-refractivity contribution in [1.29, 1.82) is 0 Å². The van der Waals surface area contributed by atoms with Gasteiger partial charge in [-0.25, -0.2) is 0 Å². The van der Waals surface area contributed by atoms with E-state index in [0.717, 1.165) is 51.5 Å². The first-order chi connectivity index (χ1) is 27.8. The van der Waals surface area contributed by atoms with E-state index in [-0.39, 0.29) is 0 Å². The number of hydrogen-bond acceptors (Lipinski definition) is 3. The molecular formula is C53H106O3. The first kappa shape index (κ1) is 55.6. The summed E-state index contributed by atoms with van der Waals surface area (Å²) in [7, 11) is 0. The number of rotatable bonds is 52. The monoisotopic (exact) mass is 791 g/mol. The fourth-order valence-corrected chi connectivity index (χ4v) is 8.59. The van der Waals surface area contributed by atoms with Crippen LogP contribution in [0.4, 0.5) is 0 Å². The summed E-state index contributed by atoms with van der Waals surface area (Å²) in [6, 6.07) is 0. The molecule has 0 aromatic heterocycles. The van der Waals surface area contributed by atoms with Gasteiger partial charge in [-0.05, 0) is 31.6 Å². The molecule has 0 aromatic carbocycles. The molecule has 1 atom stereocenters. The number of hydrogen-bond donors (Lipinski definition) is 0. The molecular weight excluding hydrogens is 685 g/mol. The van der Waals surface area contributed by atoms with E-state index in [2.05, 4.69) is 13.8 Å². The van der Waals surface area contributed by atoms with Crippen LogP contribution in [0.5, 0.6) is 0 Å². The molecule has 0 fully saturated rings. The van der Waals surface area contributed by atoms with Crippen LogP contribution in [0.3, 0.4) is 0 Å². The minimum absolute atomic E-state index is 0.757. The maximum Gasteiger partial charge on any atom is 0.119 e. The van der Waals surface area contributed by atoms with Gasteiger partial charge in [-0.15, -0.1) is 0 Å². The van der Waals surface area contributed by atoms with Crippen molar-refractivity contribution in [2.24, 2.45) is 5.92 Å². The van der Waals surface area contributed by atoms with Crippen molar-refractivity contribution in [1.82, 2.24) is 0 Å². The number of aldehydes is 1. The van der Waals surface area contributed by atoms with Crippen molar-refractivity contribution in [3.63, 3.8) is 0 Å². The molecule has 0 saturated heterocycles. The highest BCUT2D eigenvalue weighted by Gasteiger charge is 2.09. The molecule has 0 bridgehead atoms. The van der Waals surface area contributed by atoms with Gasteiger partial charge in [0, 0.05) is 19.6 Å². The second kappa shape index (κ2) is 52.6. The van der Waals surface area contributed by atoms with Gasteiger partial charge in [0.25, 0.3) is 0 Å². The summed E-state index contributed by atoms with van der Waals surface area (Å²) in [6.45, 7) is 8.02. The second-order valence-electron chi connectivity index (χ2n) is 18.2. The molecule has 3 heteroatoms. The Morgan fingerprint density at radius 1 is 0.304 bits per heavy atom. The zero-order chi connectivity index (χ0) is 40.3. The van der Waals surface area contributed by atoms with Crippen LogP contribution in [0.15, 0.2) is 0 Å². The molecule has 0 aliphatic rings. The summed E-state index contributed by atoms with van der Waals surface area (Å²) < 4.78 is 12.0. The Kier molecular flexibility index (Phi) is 52.2. The third-order valence-electron chi connectivity index (χ3n) is 12.5. The zero-order valence-electron chi connectivity index (χ0n) is 39.0. The Bertz CT molecular complexity index is 680. The maximum atomic E-state index is 10.3. The van der Waals surface area contributed by atoms with E-state index < -0.39 is 0 Å². The van der Waals surface area contributed by atoms with E-state index in [1.807, 2.05) is 0 Å². The van der Waals surface area contributed by atoms with E-state index in [0.29, 0.717) is 0 Å². The zero-order valence-corrected chi connectivity index (χ0v) is 39.0. The molecule has 0 heterocycles. The summed E-state index contributed by atoms with van der Waals surface area (Å²) >= 11 is 0. The highest BCUT2D eigenvalue weighted by atomic mass is 16.5. The molecule has 1 unspecified atom stereocenters.